The normalized spacial score (nSPS) is 15.5. The Hall–Kier alpha value is -2.91. The fraction of sp³-hybridized carbons (Fsp3) is 0.389. The lowest BCUT2D eigenvalue weighted by Gasteiger charge is -2.31. The summed E-state index contributed by atoms with van der Waals surface area (Å²) in [5.41, 5.74) is 0.519. The first kappa shape index (κ1) is 19.8. The zero-order valence-corrected chi connectivity index (χ0v) is 14.7. The minimum Gasteiger partial charge on any atom is -0.342 e. The molecule has 0 radical (unpaired) electrons. The van der Waals surface area contributed by atoms with Crippen LogP contribution in [0.4, 0.5) is 17.6 Å². The summed E-state index contributed by atoms with van der Waals surface area (Å²) in [5.74, 6) is -1.89. The molecule has 28 heavy (non-hydrogen) atoms. The van der Waals surface area contributed by atoms with Gasteiger partial charge in [-0.3, -0.25) is 14.7 Å². The van der Waals surface area contributed by atoms with Crippen molar-refractivity contribution in [3.05, 3.63) is 53.1 Å². The molecule has 2 aromatic rings. The third-order valence-electron chi connectivity index (χ3n) is 4.61. The number of rotatable bonds is 4. The van der Waals surface area contributed by atoms with Crippen LogP contribution in [0.1, 0.15) is 45.3 Å². The van der Waals surface area contributed by atoms with Gasteiger partial charge in [0.1, 0.15) is 18.1 Å². The van der Waals surface area contributed by atoms with Gasteiger partial charge < -0.3 is 10.2 Å². The largest absolute Gasteiger partial charge is 0.405 e. The molecule has 0 spiro atoms. The number of likely N-dealkylation sites (tertiary alicyclic amines) is 1. The third-order valence-corrected chi connectivity index (χ3v) is 4.61. The van der Waals surface area contributed by atoms with Gasteiger partial charge in [-0.1, -0.05) is 12.1 Å². The van der Waals surface area contributed by atoms with Gasteiger partial charge in [-0.05, 0) is 31.0 Å². The summed E-state index contributed by atoms with van der Waals surface area (Å²) >= 11 is 0. The van der Waals surface area contributed by atoms with Crippen LogP contribution >= 0.6 is 0 Å². The Morgan fingerprint density at radius 1 is 1.21 bits per heavy atom. The molecule has 10 heteroatoms. The summed E-state index contributed by atoms with van der Waals surface area (Å²) in [4.78, 5) is 25.7. The van der Waals surface area contributed by atoms with Crippen LogP contribution in [-0.4, -0.2) is 52.7 Å². The van der Waals surface area contributed by atoms with E-state index in [2.05, 4.69) is 10.2 Å². The van der Waals surface area contributed by atoms with Crippen molar-refractivity contribution in [3.63, 3.8) is 0 Å². The number of nitrogens with one attached hydrogen (secondary N) is 2. The smallest absolute Gasteiger partial charge is 0.342 e. The van der Waals surface area contributed by atoms with Gasteiger partial charge in [0.05, 0.1) is 5.56 Å². The van der Waals surface area contributed by atoms with Gasteiger partial charge in [0, 0.05) is 24.7 Å². The number of piperidine rings is 1. The Labute approximate surface area is 157 Å². The first-order chi connectivity index (χ1) is 13.2. The molecule has 1 fully saturated rings. The van der Waals surface area contributed by atoms with Gasteiger partial charge >= 0.3 is 6.18 Å². The first-order valence-electron chi connectivity index (χ1n) is 8.68. The molecule has 1 aliphatic heterocycles. The third kappa shape index (κ3) is 4.68. The second kappa shape index (κ2) is 7.99. The molecule has 1 aromatic carbocycles. The molecule has 0 unspecified atom stereocenters. The number of carbonyl (C=O) groups is 2. The highest BCUT2D eigenvalue weighted by atomic mass is 19.4. The Morgan fingerprint density at radius 3 is 2.54 bits per heavy atom. The molecule has 150 valence electrons. The molecular weight excluding hydrogens is 380 g/mol. The molecule has 0 atom stereocenters. The van der Waals surface area contributed by atoms with Crippen LogP contribution in [-0.2, 0) is 0 Å². The predicted molar refractivity (Wildman–Crippen MR) is 91.3 cm³/mol. The van der Waals surface area contributed by atoms with E-state index in [4.69, 9.17) is 0 Å². The average molecular weight is 398 g/mol. The van der Waals surface area contributed by atoms with E-state index in [1.807, 2.05) is 0 Å². The van der Waals surface area contributed by atoms with Crippen LogP contribution in [0.15, 0.2) is 30.3 Å². The fourth-order valence-corrected chi connectivity index (χ4v) is 3.13. The van der Waals surface area contributed by atoms with E-state index in [1.54, 1.807) is 16.3 Å². The highest BCUT2D eigenvalue weighted by molar-refractivity contribution is 5.94. The van der Waals surface area contributed by atoms with Crippen LogP contribution in [0.5, 0.6) is 0 Å². The monoisotopic (exact) mass is 398 g/mol. The van der Waals surface area contributed by atoms with Crippen molar-refractivity contribution in [2.75, 3.05) is 19.6 Å². The topological polar surface area (TPSA) is 78.1 Å². The molecule has 0 saturated carbocycles. The van der Waals surface area contributed by atoms with Crippen molar-refractivity contribution in [1.29, 1.82) is 0 Å². The molecule has 1 saturated heterocycles. The lowest BCUT2D eigenvalue weighted by molar-refractivity contribution is -0.123. The average Bonchev–Trinajstić information content (AvgIpc) is 3.16. The van der Waals surface area contributed by atoms with Gasteiger partial charge in [-0.15, -0.1) is 0 Å². The van der Waals surface area contributed by atoms with Crippen molar-refractivity contribution in [1.82, 2.24) is 20.4 Å². The maximum atomic E-state index is 13.8. The molecule has 0 bridgehead atoms. The Balaban J connectivity index is 1.57. The number of carbonyl (C=O) groups excluding carboxylic acids is 2. The Bertz CT molecular complexity index is 857. The van der Waals surface area contributed by atoms with Crippen LogP contribution in [0, 0.1) is 5.82 Å². The lowest BCUT2D eigenvalue weighted by atomic mass is 9.93. The number of halogens is 4. The second-order valence-corrected chi connectivity index (χ2v) is 6.55. The molecular formula is C18H18F4N4O2. The number of amides is 2. The molecule has 2 N–H and O–H groups in total. The summed E-state index contributed by atoms with van der Waals surface area (Å²) in [5, 5.41) is 8.22. The van der Waals surface area contributed by atoms with Crippen molar-refractivity contribution in [3.8, 4) is 0 Å². The maximum absolute atomic E-state index is 13.8. The zero-order chi connectivity index (χ0) is 20.3. The summed E-state index contributed by atoms with van der Waals surface area (Å²) in [6.45, 7) is -0.635. The van der Waals surface area contributed by atoms with Gasteiger partial charge in [0.25, 0.3) is 11.8 Å². The van der Waals surface area contributed by atoms with Gasteiger partial charge in [-0.25, -0.2) is 4.39 Å². The van der Waals surface area contributed by atoms with E-state index in [0.29, 0.717) is 31.6 Å². The molecule has 6 nitrogen and oxygen atoms in total. The fourth-order valence-electron chi connectivity index (χ4n) is 3.13. The van der Waals surface area contributed by atoms with E-state index in [0.717, 1.165) is 0 Å². The summed E-state index contributed by atoms with van der Waals surface area (Å²) < 4.78 is 50.3. The van der Waals surface area contributed by atoms with Gasteiger partial charge in [0.2, 0.25) is 0 Å². The minimum atomic E-state index is -4.49. The van der Waals surface area contributed by atoms with Gasteiger partial charge in [-0.2, -0.15) is 18.3 Å². The second-order valence-electron chi connectivity index (χ2n) is 6.55. The number of aromatic amines is 1. The maximum Gasteiger partial charge on any atom is 0.405 e. The van der Waals surface area contributed by atoms with Crippen molar-refractivity contribution in [2.24, 2.45) is 0 Å². The molecule has 1 aliphatic rings. The standard InChI is InChI=1S/C18H18F4N4O2/c19-13-4-2-1-3-12(13)17(28)26-7-5-11(6-8-26)14-9-15(25-24-14)16(27)23-10-18(20,21)22/h1-4,9,11H,5-8,10H2,(H,23,27)(H,24,25). The number of hydrogen-bond donors (Lipinski definition) is 2. The molecule has 2 heterocycles. The zero-order valence-electron chi connectivity index (χ0n) is 14.7. The summed E-state index contributed by atoms with van der Waals surface area (Å²) in [6, 6.07) is 7.20. The molecule has 2 amide bonds. The van der Waals surface area contributed by atoms with Crippen LogP contribution in [0.3, 0.4) is 0 Å². The Kier molecular flexibility index (Phi) is 5.66. The van der Waals surface area contributed by atoms with E-state index in [9.17, 15) is 27.2 Å². The number of hydrogen-bond acceptors (Lipinski definition) is 3. The van der Waals surface area contributed by atoms with Crippen molar-refractivity contribution >= 4 is 11.8 Å². The SMILES string of the molecule is O=C(NCC(F)(F)F)c1cc(C2CCN(C(=O)c3ccccc3F)CC2)[nH]n1. The van der Waals surface area contributed by atoms with E-state index >= 15 is 0 Å². The lowest BCUT2D eigenvalue weighted by Crippen LogP contribution is -2.38. The first-order valence-corrected chi connectivity index (χ1v) is 8.68. The number of alkyl halides is 3. The number of aromatic nitrogens is 2. The molecule has 0 aliphatic carbocycles. The van der Waals surface area contributed by atoms with E-state index in [-0.39, 0.29) is 23.1 Å². The highest BCUT2D eigenvalue weighted by Gasteiger charge is 2.30. The number of H-pyrrole nitrogens is 1. The quantitative estimate of drug-likeness (QED) is 0.778. The van der Waals surface area contributed by atoms with Crippen molar-refractivity contribution < 1.29 is 27.2 Å². The highest BCUT2D eigenvalue weighted by Crippen LogP contribution is 2.28. The number of benzene rings is 1. The molecule has 3 rings (SSSR count). The van der Waals surface area contributed by atoms with Crippen LogP contribution in [0.25, 0.3) is 0 Å². The number of nitrogens with zero attached hydrogens (tertiary/aromatic N) is 2. The predicted octanol–water partition coefficient (Wildman–Crippen LogP) is 2.86. The summed E-state index contributed by atoms with van der Waals surface area (Å²) in [6.07, 6.45) is -3.37. The van der Waals surface area contributed by atoms with Crippen LogP contribution < -0.4 is 5.32 Å². The Morgan fingerprint density at radius 2 is 1.89 bits per heavy atom. The van der Waals surface area contributed by atoms with Crippen LogP contribution in [0.2, 0.25) is 0 Å². The van der Waals surface area contributed by atoms with Gasteiger partial charge in [0.15, 0.2) is 0 Å². The summed E-state index contributed by atoms with van der Waals surface area (Å²) in [7, 11) is 0. The van der Waals surface area contributed by atoms with Crippen molar-refractivity contribution in [2.45, 2.75) is 24.9 Å². The van der Waals surface area contributed by atoms with E-state index < -0.39 is 24.4 Å². The van der Waals surface area contributed by atoms with E-state index in [1.165, 1.54) is 24.3 Å². The minimum absolute atomic E-state index is 0.0195. The molecule has 1 aromatic heterocycles.